The molecule has 1 N–H and O–H groups in total. The van der Waals surface area contributed by atoms with Gasteiger partial charge in [0, 0.05) is 24.5 Å². The van der Waals surface area contributed by atoms with Crippen LogP contribution in [0.1, 0.15) is 35.7 Å². The minimum absolute atomic E-state index is 0.511. The lowest BCUT2D eigenvalue weighted by Gasteiger charge is -2.14. The van der Waals surface area contributed by atoms with Crippen molar-refractivity contribution in [3.05, 3.63) is 65.0 Å². The maximum absolute atomic E-state index is 4.32. The van der Waals surface area contributed by atoms with Crippen molar-refractivity contribution >= 4 is 0 Å². The number of pyridine rings is 1. The van der Waals surface area contributed by atoms with Gasteiger partial charge in [-0.3, -0.25) is 4.98 Å². The Morgan fingerprint density at radius 1 is 1.10 bits per heavy atom. The third-order valence-corrected chi connectivity index (χ3v) is 3.58. The van der Waals surface area contributed by atoms with Crippen molar-refractivity contribution in [2.45, 2.75) is 46.2 Å². The summed E-state index contributed by atoms with van der Waals surface area (Å²) in [5, 5.41) is 3.56. The monoisotopic (exact) mass is 268 g/mol. The van der Waals surface area contributed by atoms with Crippen LogP contribution in [0.25, 0.3) is 0 Å². The van der Waals surface area contributed by atoms with E-state index in [9.17, 15) is 0 Å². The highest BCUT2D eigenvalue weighted by atomic mass is 14.9. The van der Waals surface area contributed by atoms with Crippen molar-refractivity contribution in [1.29, 1.82) is 0 Å². The fraction of sp³-hybridized carbons (Fsp3) is 0.389. The number of nitrogens with one attached hydrogen (secondary N) is 1. The standard InChI is InChI=1S/C18H24N2/c1-14-5-4-6-17(11-14)9-7-15(2)19-12-18-10-8-16(3)20-13-18/h4-6,8,10-11,13,15,19H,7,9,12H2,1-3H3. The van der Waals surface area contributed by atoms with E-state index >= 15 is 0 Å². The zero-order valence-corrected chi connectivity index (χ0v) is 12.7. The Labute approximate surface area is 122 Å². The van der Waals surface area contributed by atoms with Gasteiger partial charge >= 0.3 is 0 Å². The first kappa shape index (κ1) is 14.7. The van der Waals surface area contributed by atoms with Crippen molar-refractivity contribution in [3.8, 4) is 0 Å². The van der Waals surface area contributed by atoms with Crippen molar-refractivity contribution in [1.82, 2.24) is 10.3 Å². The van der Waals surface area contributed by atoms with E-state index in [1.165, 1.54) is 16.7 Å². The molecule has 0 bridgehead atoms. The minimum atomic E-state index is 0.511. The molecule has 0 radical (unpaired) electrons. The summed E-state index contributed by atoms with van der Waals surface area (Å²) in [7, 11) is 0. The molecule has 1 aromatic carbocycles. The fourth-order valence-corrected chi connectivity index (χ4v) is 2.25. The Morgan fingerprint density at radius 3 is 2.65 bits per heavy atom. The first-order valence-corrected chi connectivity index (χ1v) is 7.34. The first-order chi connectivity index (χ1) is 9.63. The van der Waals surface area contributed by atoms with Gasteiger partial charge in [-0.2, -0.15) is 0 Å². The van der Waals surface area contributed by atoms with Gasteiger partial charge in [-0.1, -0.05) is 35.9 Å². The van der Waals surface area contributed by atoms with Crippen molar-refractivity contribution in [2.24, 2.45) is 0 Å². The number of nitrogens with zero attached hydrogens (tertiary/aromatic N) is 1. The van der Waals surface area contributed by atoms with E-state index in [1.807, 2.05) is 13.1 Å². The number of aromatic nitrogens is 1. The number of hydrogen-bond acceptors (Lipinski definition) is 2. The summed E-state index contributed by atoms with van der Waals surface area (Å²) < 4.78 is 0. The van der Waals surface area contributed by atoms with Gasteiger partial charge in [-0.15, -0.1) is 0 Å². The Hall–Kier alpha value is -1.67. The molecule has 1 aromatic heterocycles. The molecular weight excluding hydrogens is 244 g/mol. The van der Waals surface area contributed by atoms with Crippen LogP contribution in [0.15, 0.2) is 42.6 Å². The van der Waals surface area contributed by atoms with Crippen LogP contribution >= 0.6 is 0 Å². The minimum Gasteiger partial charge on any atom is -0.310 e. The molecule has 106 valence electrons. The van der Waals surface area contributed by atoms with Crippen molar-refractivity contribution in [2.75, 3.05) is 0 Å². The molecule has 2 heteroatoms. The number of benzene rings is 1. The number of aryl methyl sites for hydroxylation is 3. The molecule has 20 heavy (non-hydrogen) atoms. The van der Waals surface area contributed by atoms with Crippen LogP contribution in [-0.4, -0.2) is 11.0 Å². The Balaban J connectivity index is 1.75. The van der Waals surface area contributed by atoms with Crippen LogP contribution in [-0.2, 0) is 13.0 Å². The maximum Gasteiger partial charge on any atom is 0.0372 e. The molecule has 2 aromatic rings. The lowest BCUT2D eigenvalue weighted by Crippen LogP contribution is -2.26. The highest BCUT2D eigenvalue weighted by Gasteiger charge is 2.03. The van der Waals surface area contributed by atoms with E-state index in [0.717, 1.165) is 25.1 Å². The Kier molecular flexibility index (Phi) is 5.31. The molecule has 2 nitrogen and oxygen atoms in total. The Bertz CT molecular complexity index is 531. The summed E-state index contributed by atoms with van der Waals surface area (Å²) in [4.78, 5) is 4.32. The predicted octanol–water partition coefficient (Wildman–Crippen LogP) is 3.81. The van der Waals surface area contributed by atoms with E-state index in [1.54, 1.807) is 0 Å². The molecule has 0 aliphatic heterocycles. The van der Waals surface area contributed by atoms with E-state index in [0.29, 0.717) is 6.04 Å². The first-order valence-electron chi connectivity index (χ1n) is 7.34. The van der Waals surface area contributed by atoms with Gasteiger partial charge in [0.05, 0.1) is 0 Å². The summed E-state index contributed by atoms with van der Waals surface area (Å²) in [6, 6.07) is 13.5. The van der Waals surface area contributed by atoms with Crippen LogP contribution in [0, 0.1) is 13.8 Å². The quantitative estimate of drug-likeness (QED) is 0.861. The van der Waals surface area contributed by atoms with Crippen LogP contribution in [0.5, 0.6) is 0 Å². The highest BCUT2D eigenvalue weighted by Crippen LogP contribution is 2.08. The topological polar surface area (TPSA) is 24.9 Å². The average Bonchev–Trinajstić information content (AvgIpc) is 2.45. The molecule has 0 saturated heterocycles. The lowest BCUT2D eigenvalue weighted by molar-refractivity contribution is 0.513. The van der Waals surface area contributed by atoms with E-state index in [2.05, 4.69) is 60.5 Å². The van der Waals surface area contributed by atoms with Gasteiger partial charge in [0.15, 0.2) is 0 Å². The summed E-state index contributed by atoms with van der Waals surface area (Å²) >= 11 is 0. The third-order valence-electron chi connectivity index (χ3n) is 3.58. The van der Waals surface area contributed by atoms with E-state index in [-0.39, 0.29) is 0 Å². The van der Waals surface area contributed by atoms with Crippen molar-refractivity contribution in [3.63, 3.8) is 0 Å². The summed E-state index contributed by atoms with van der Waals surface area (Å²) in [6.07, 6.45) is 4.24. The maximum atomic E-state index is 4.32. The normalized spacial score (nSPS) is 12.3. The number of hydrogen-bond donors (Lipinski definition) is 1. The molecule has 0 fully saturated rings. The summed E-state index contributed by atoms with van der Waals surface area (Å²) in [5.41, 5.74) is 5.09. The molecule has 0 aliphatic rings. The zero-order valence-electron chi connectivity index (χ0n) is 12.7. The van der Waals surface area contributed by atoms with Crippen LogP contribution in [0.3, 0.4) is 0 Å². The third kappa shape index (κ3) is 4.78. The number of rotatable bonds is 6. The second kappa shape index (κ2) is 7.20. The summed E-state index contributed by atoms with van der Waals surface area (Å²) in [5.74, 6) is 0. The molecule has 1 atom stereocenters. The molecule has 0 aliphatic carbocycles. The molecule has 0 amide bonds. The molecule has 0 saturated carbocycles. The average molecular weight is 268 g/mol. The van der Waals surface area contributed by atoms with Gasteiger partial charge in [0.2, 0.25) is 0 Å². The van der Waals surface area contributed by atoms with Gasteiger partial charge in [-0.25, -0.2) is 0 Å². The van der Waals surface area contributed by atoms with E-state index in [4.69, 9.17) is 0 Å². The van der Waals surface area contributed by atoms with Gasteiger partial charge < -0.3 is 5.32 Å². The molecule has 2 rings (SSSR count). The summed E-state index contributed by atoms with van der Waals surface area (Å²) in [6.45, 7) is 7.30. The predicted molar refractivity (Wildman–Crippen MR) is 84.8 cm³/mol. The second-order valence-electron chi connectivity index (χ2n) is 5.62. The zero-order chi connectivity index (χ0) is 14.4. The molecule has 1 unspecified atom stereocenters. The van der Waals surface area contributed by atoms with Crippen molar-refractivity contribution < 1.29 is 0 Å². The molecule has 1 heterocycles. The van der Waals surface area contributed by atoms with Gasteiger partial charge in [0.1, 0.15) is 0 Å². The molecular formula is C18H24N2. The van der Waals surface area contributed by atoms with Gasteiger partial charge in [0.25, 0.3) is 0 Å². The SMILES string of the molecule is Cc1cccc(CCC(C)NCc2ccc(C)nc2)c1. The molecule has 0 spiro atoms. The van der Waals surface area contributed by atoms with Crippen LogP contribution in [0.2, 0.25) is 0 Å². The lowest BCUT2D eigenvalue weighted by atomic mass is 10.0. The van der Waals surface area contributed by atoms with E-state index < -0.39 is 0 Å². The van der Waals surface area contributed by atoms with Gasteiger partial charge in [-0.05, 0) is 50.8 Å². The highest BCUT2D eigenvalue weighted by molar-refractivity contribution is 5.22. The largest absolute Gasteiger partial charge is 0.310 e. The van der Waals surface area contributed by atoms with Crippen LogP contribution in [0.4, 0.5) is 0 Å². The second-order valence-corrected chi connectivity index (χ2v) is 5.62. The fourth-order valence-electron chi connectivity index (χ4n) is 2.25. The van der Waals surface area contributed by atoms with Crippen LogP contribution < -0.4 is 5.32 Å². The Morgan fingerprint density at radius 2 is 1.95 bits per heavy atom. The smallest absolute Gasteiger partial charge is 0.0372 e.